The second-order valence-electron chi connectivity index (χ2n) is 6.51. The first-order valence-electron chi connectivity index (χ1n) is 8.35. The van der Waals surface area contributed by atoms with Crippen molar-refractivity contribution in [2.45, 2.75) is 51.2 Å². The smallest absolute Gasteiger partial charge is 0.133 e. The highest BCUT2D eigenvalue weighted by molar-refractivity contribution is 5.47. The molecule has 4 heteroatoms. The molecular weight excluding hydrogens is 262 g/mol. The summed E-state index contributed by atoms with van der Waals surface area (Å²) in [6, 6.07) is 4.17. The molecule has 1 aromatic heterocycles. The van der Waals surface area contributed by atoms with E-state index in [9.17, 15) is 5.11 Å². The third kappa shape index (κ3) is 3.06. The summed E-state index contributed by atoms with van der Waals surface area (Å²) in [5.74, 6) is 1.51. The van der Waals surface area contributed by atoms with Crippen molar-refractivity contribution in [1.29, 1.82) is 0 Å². The Morgan fingerprint density at radius 1 is 1.43 bits per heavy atom. The Morgan fingerprint density at radius 3 is 3.19 bits per heavy atom. The van der Waals surface area contributed by atoms with E-state index in [0.717, 1.165) is 51.3 Å². The minimum atomic E-state index is -0.411. The van der Waals surface area contributed by atoms with Gasteiger partial charge in [0, 0.05) is 37.3 Å². The van der Waals surface area contributed by atoms with E-state index in [1.54, 1.807) is 0 Å². The first-order chi connectivity index (χ1) is 10.2. The number of aromatic nitrogens is 1. The van der Waals surface area contributed by atoms with E-state index in [0.29, 0.717) is 5.92 Å². The summed E-state index contributed by atoms with van der Waals surface area (Å²) in [7, 11) is 0. The number of anilines is 1. The average Bonchev–Trinajstić information content (AvgIpc) is 2.52. The maximum absolute atomic E-state index is 10.8. The molecule has 2 atom stereocenters. The van der Waals surface area contributed by atoms with Gasteiger partial charge in [-0.25, -0.2) is 4.98 Å². The van der Waals surface area contributed by atoms with Crippen LogP contribution in [0.1, 0.15) is 44.6 Å². The molecule has 1 saturated carbocycles. The van der Waals surface area contributed by atoms with Crippen molar-refractivity contribution in [2.75, 3.05) is 24.5 Å². The molecular formula is C17H27N3O. The lowest BCUT2D eigenvalue weighted by Gasteiger charge is -2.48. The SMILES string of the molecule is CCNCc1cccnc1N1CCC2(O)CCCCC2C1. The molecule has 1 aliphatic carbocycles. The quantitative estimate of drug-likeness (QED) is 0.893. The number of hydrogen-bond acceptors (Lipinski definition) is 4. The number of piperidine rings is 1. The van der Waals surface area contributed by atoms with Crippen LogP contribution in [0.4, 0.5) is 5.82 Å². The Hall–Kier alpha value is -1.13. The Labute approximate surface area is 127 Å². The van der Waals surface area contributed by atoms with Crippen LogP contribution in [0, 0.1) is 5.92 Å². The number of rotatable bonds is 4. The van der Waals surface area contributed by atoms with E-state index in [1.165, 1.54) is 18.4 Å². The van der Waals surface area contributed by atoms with Crippen molar-refractivity contribution < 1.29 is 5.11 Å². The topological polar surface area (TPSA) is 48.4 Å². The van der Waals surface area contributed by atoms with Gasteiger partial charge in [-0.1, -0.05) is 25.8 Å². The molecule has 2 fully saturated rings. The van der Waals surface area contributed by atoms with Crippen LogP contribution in [-0.2, 0) is 6.54 Å². The number of fused-ring (bicyclic) bond motifs is 1. The number of aliphatic hydroxyl groups is 1. The fraction of sp³-hybridized carbons (Fsp3) is 0.706. The lowest BCUT2D eigenvalue weighted by molar-refractivity contribution is -0.0613. The van der Waals surface area contributed by atoms with Gasteiger partial charge < -0.3 is 15.3 Å². The zero-order valence-corrected chi connectivity index (χ0v) is 13.0. The molecule has 21 heavy (non-hydrogen) atoms. The summed E-state index contributed by atoms with van der Waals surface area (Å²) in [5.41, 5.74) is 0.853. The highest BCUT2D eigenvalue weighted by Crippen LogP contribution is 2.40. The third-order valence-corrected chi connectivity index (χ3v) is 5.16. The summed E-state index contributed by atoms with van der Waals surface area (Å²) in [6.07, 6.45) is 7.34. The standard InChI is InChI=1S/C17H27N3O/c1-2-18-12-14-6-5-10-19-16(14)20-11-9-17(21)8-4-3-7-15(17)13-20/h5-6,10,15,18,21H,2-4,7-9,11-13H2,1H3. The number of hydrogen-bond donors (Lipinski definition) is 2. The fourth-order valence-corrected chi connectivity index (χ4v) is 3.88. The van der Waals surface area contributed by atoms with Crippen molar-refractivity contribution in [3.63, 3.8) is 0 Å². The minimum Gasteiger partial charge on any atom is -0.389 e. The Bertz CT molecular complexity index is 479. The third-order valence-electron chi connectivity index (χ3n) is 5.16. The zero-order chi connectivity index (χ0) is 14.7. The molecule has 3 rings (SSSR count). The molecule has 0 bridgehead atoms. The van der Waals surface area contributed by atoms with E-state index < -0.39 is 5.60 Å². The Morgan fingerprint density at radius 2 is 2.33 bits per heavy atom. The van der Waals surface area contributed by atoms with Crippen LogP contribution >= 0.6 is 0 Å². The van der Waals surface area contributed by atoms with Crippen LogP contribution in [0.2, 0.25) is 0 Å². The van der Waals surface area contributed by atoms with Gasteiger partial charge in [-0.3, -0.25) is 0 Å². The van der Waals surface area contributed by atoms with Gasteiger partial charge in [0.1, 0.15) is 5.82 Å². The van der Waals surface area contributed by atoms with Gasteiger partial charge in [-0.2, -0.15) is 0 Å². The molecule has 2 aliphatic rings. The van der Waals surface area contributed by atoms with Crippen LogP contribution in [0.5, 0.6) is 0 Å². The van der Waals surface area contributed by atoms with Gasteiger partial charge in [0.2, 0.25) is 0 Å². The van der Waals surface area contributed by atoms with Crippen molar-refractivity contribution in [1.82, 2.24) is 10.3 Å². The van der Waals surface area contributed by atoms with Crippen molar-refractivity contribution in [2.24, 2.45) is 5.92 Å². The van der Waals surface area contributed by atoms with Crippen molar-refractivity contribution in [3.05, 3.63) is 23.9 Å². The Kier molecular flexibility index (Phi) is 4.45. The molecule has 1 aliphatic heterocycles. The molecule has 0 radical (unpaired) electrons. The molecule has 2 heterocycles. The van der Waals surface area contributed by atoms with Crippen LogP contribution in [0.15, 0.2) is 18.3 Å². The van der Waals surface area contributed by atoms with Gasteiger partial charge >= 0.3 is 0 Å². The molecule has 1 saturated heterocycles. The highest BCUT2D eigenvalue weighted by atomic mass is 16.3. The van der Waals surface area contributed by atoms with E-state index in [-0.39, 0.29) is 0 Å². The summed E-state index contributed by atoms with van der Waals surface area (Å²) in [6.45, 7) is 5.83. The molecule has 1 aromatic rings. The van der Waals surface area contributed by atoms with E-state index in [4.69, 9.17) is 0 Å². The van der Waals surface area contributed by atoms with E-state index >= 15 is 0 Å². The Balaban J connectivity index is 1.76. The molecule has 2 N–H and O–H groups in total. The number of nitrogens with zero attached hydrogens (tertiary/aromatic N) is 2. The predicted octanol–water partition coefficient (Wildman–Crippen LogP) is 2.32. The zero-order valence-electron chi connectivity index (χ0n) is 13.0. The summed E-state index contributed by atoms with van der Waals surface area (Å²) in [5, 5.41) is 14.2. The normalized spacial score (nSPS) is 29.2. The molecule has 0 amide bonds. The first-order valence-corrected chi connectivity index (χ1v) is 8.35. The lowest BCUT2D eigenvalue weighted by Crippen LogP contribution is -2.53. The van der Waals surface area contributed by atoms with Crippen LogP contribution in [0.25, 0.3) is 0 Å². The monoisotopic (exact) mass is 289 g/mol. The number of nitrogens with one attached hydrogen (secondary N) is 1. The van der Waals surface area contributed by atoms with Crippen LogP contribution in [-0.4, -0.2) is 35.3 Å². The second kappa shape index (κ2) is 6.32. The first kappa shape index (κ1) is 14.8. The minimum absolute atomic E-state index is 0.411. The second-order valence-corrected chi connectivity index (χ2v) is 6.51. The largest absolute Gasteiger partial charge is 0.389 e. The molecule has 116 valence electrons. The van der Waals surface area contributed by atoms with Gasteiger partial charge in [0.15, 0.2) is 0 Å². The molecule has 2 unspecified atom stereocenters. The predicted molar refractivity (Wildman–Crippen MR) is 85.4 cm³/mol. The number of pyridine rings is 1. The van der Waals surface area contributed by atoms with Gasteiger partial charge in [0.05, 0.1) is 5.60 Å². The van der Waals surface area contributed by atoms with E-state index in [2.05, 4.69) is 28.2 Å². The van der Waals surface area contributed by atoms with Gasteiger partial charge in [-0.15, -0.1) is 0 Å². The maximum atomic E-state index is 10.8. The van der Waals surface area contributed by atoms with Crippen LogP contribution < -0.4 is 10.2 Å². The molecule has 4 nitrogen and oxygen atoms in total. The van der Waals surface area contributed by atoms with Gasteiger partial charge in [-0.05, 0) is 31.9 Å². The van der Waals surface area contributed by atoms with Gasteiger partial charge in [0.25, 0.3) is 0 Å². The summed E-state index contributed by atoms with van der Waals surface area (Å²) < 4.78 is 0. The average molecular weight is 289 g/mol. The summed E-state index contributed by atoms with van der Waals surface area (Å²) in [4.78, 5) is 7.01. The maximum Gasteiger partial charge on any atom is 0.133 e. The highest BCUT2D eigenvalue weighted by Gasteiger charge is 2.43. The molecule has 0 spiro atoms. The van der Waals surface area contributed by atoms with Crippen molar-refractivity contribution in [3.8, 4) is 0 Å². The van der Waals surface area contributed by atoms with Crippen molar-refractivity contribution >= 4 is 5.82 Å². The molecule has 0 aromatic carbocycles. The van der Waals surface area contributed by atoms with E-state index in [1.807, 2.05) is 12.3 Å². The fourth-order valence-electron chi connectivity index (χ4n) is 3.88. The lowest BCUT2D eigenvalue weighted by atomic mass is 9.71. The summed E-state index contributed by atoms with van der Waals surface area (Å²) >= 11 is 0. The van der Waals surface area contributed by atoms with Crippen LogP contribution in [0.3, 0.4) is 0 Å².